The number of hydrogen-bond donors (Lipinski definition) is 2. The number of rotatable bonds is 8. The molecule has 0 radical (unpaired) electrons. The predicted octanol–water partition coefficient (Wildman–Crippen LogP) is 4.67. The zero-order chi connectivity index (χ0) is 23.2. The molecule has 8 heteroatoms. The summed E-state index contributed by atoms with van der Waals surface area (Å²) in [6.45, 7) is 4.56. The first-order valence-corrected chi connectivity index (χ1v) is 11.7. The van der Waals surface area contributed by atoms with Crippen LogP contribution in [0.1, 0.15) is 18.3 Å². The molecular weight excluding hydrogens is 434 g/mol. The number of anilines is 2. The van der Waals surface area contributed by atoms with Crippen LogP contribution in [0.2, 0.25) is 0 Å². The second-order valence-corrected chi connectivity index (χ2v) is 8.54. The molecule has 0 aliphatic heterocycles. The molecule has 0 saturated heterocycles. The van der Waals surface area contributed by atoms with Gasteiger partial charge in [-0.3, -0.25) is 9.59 Å². The molecule has 0 saturated carbocycles. The van der Waals surface area contributed by atoms with Crippen molar-refractivity contribution >= 4 is 45.7 Å². The average molecular weight is 460 g/mol. The van der Waals surface area contributed by atoms with E-state index in [0.29, 0.717) is 17.5 Å². The molecule has 7 nitrogen and oxygen atoms in total. The lowest BCUT2D eigenvalue weighted by atomic mass is 10.1. The van der Waals surface area contributed by atoms with E-state index in [0.717, 1.165) is 27.7 Å². The topological polar surface area (TPSA) is 88.9 Å². The second-order valence-electron chi connectivity index (χ2n) is 7.60. The van der Waals surface area contributed by atoms with Crippen LogP contribution in [0.25, 0.3) is 10.8 Å². The molecule has 2 N–H and O–H groups in total. The van der Waals surface area contributed by atoms with Crippen LogP contribution in [0.5, 0.6) is 0 Å². The van der Waals surface area contributed by atoms with Crippen molar-refractivity contribution in [2.45, 2.75) is 32.0 Å². The summed E-state index contributed by atoms with van der Waals surface area (Å²) < 4.78 is 1.87. The molecule has 0 fully saturated rings. The fraction of sp³-hybridized carbons (Fsp3) is 0.200. The highest BCUT2D eigenvalue weighted by molar-refractivity contribution is 7.99. The van der Waals surface area contributed by atoms with Gasteiger partial charge < -0.3 is 15.2 Å². The summed E-state index contributed by atoms with van der Waals surface area (Å²) in [7, 11) is 0. The van der Waals surface area contributed by atoms with Gasteiger partial charge >= 0.3 is 0 Å². The number of thioether (sulfide) groups is 1. The Kier molecular flexibility index (Phi) is 7.04. The SMILES string of the molecule is CCn1c(CC(=O)Nc2ccc(C)cc2)nnc1SCC(=O)Nc1cccc2ccccc12. The zero-order valence-corrected chi connectivity index (χ0v) is 19.4. The standard InChI is InChI=1S/C25H25N5O2S/c1-3-30-22(15-23(31)26-19-13-11-17(2)12-14-19)28-29-25(30)33-16-24(32)27-21-10-6-8-18-7-4-5-9-20(18)21/h4-14H,3,15-16H2,1-2H3,(H,26,31)(H,27,32). The molecule has 0 atom stereocenters. The van der Waals surface area contributed by atoms with Gasteiger partial charge in [0.25, 0.3) is 0 Å². The van der Waals surface area contributed by atoms with Gasteiger partial charge in [-0.2, -0.15) is 0 Å². The second kappa shape index (κ2) is 10.3. The third-order valence-corrected chi connectivity index (χ3v) is 6.13. The van der Waals surface area contributed by atoms with Gasteiger partial charge in [0, 0.05) is 23.3 Å². The lowest BCUT2D eigenvalue weighted by molar-refractivity contribution is -0.116. The summed E-state index contributed by atoms with van der Waals surface area (Å²) in [5.41, 5.74) is 2.65. The van der Waals surface area contributed by atoms with E-state index in [4.69, 9.17) is 0 Å². The highest BCUT2D eigenvalue weighted by atomic mass is 32.2. The molecule has 168 valence electrons. The predicted molar refractivity (Wildman–Crippen MR) is 133 cm³/mol. The first kappa shape index (κ1) is 22.5. The number of fused-ring (bicyclic) bond motifs is 1. The Morgan fingerprint density at radius 3 is 2.45 bits per heavy atom. The number of aryl methyl sites for hydroxylation is 1. The number of hydrogen-bond acceptors (Lipinski definition) is 5. The Morgan fingerprint density at radius 1 is 0.909 bits per heavy atom. The number of benzene rings is 3. The quantitative estimate of drug-likeness (QED) is 0.374. The Morgan fingerprint density at radius 2 is 1.67 bits per heavy atom. The smallest absolute Gasteiger partial charge is 0.234 e. The van der Waals surface area contributed by atoms with E-state index in [9.17, 15) is 9.59 Å². The number of nitrogens with zero attached hydrogens (tertiary/aromatic N) is 3. The number of nitrogens with one attached hydrogen (secondary N) is 2. The monoisotopic (exact) mass is 459 g/mol. The van der Waals surface area contributed by atoms with Crippen LogP contribution in [-0.2, 0) is 22.6 Å². The van der Waals surface area contributed by atoms with E-state index in [1.165, 1.54) is 11.8 Å². The van der Waals surface area contributed by atoms with E-state index < -0.39 is 0 Å². The lowest BCUT2D eigenvalue weighted by Crippen LogP contribution is -2.18. The number of amides is 2. The van der Waals surface area contributed by atoms with Crippen molar-refractivity contribution < 1.29 is 9.59 Å². The van der Waals surface area contributed by atoms with Crippen LogP contribution in [0.3, 0.4) is 0 Å². The van der Waals surface area contributed by atoms with Crippen molar-refractivity contribution in [3.8, 4) is 0 Å². The van der Waals surface area contributed by atoms with E-state index in [2.05, 4.69) is 20.8 Å². The molecule has 33 heavy (non-hydrogen) atoms. The molecule has 4 rings (SSSR count). The fourth-order valence-electron chi connectivity index (χ4n) is 3.51. The van der Waals surface area contributed by atoms with Crippen molar-refractivity contribution in [3.63, 3.8) is 0 Å². The summed E-state index contributed by atoms with van der Waals surface area (Å²) in [5, 5.41) is 16.9. The molecule has 0 spiro atoms. The minimum absolute atomic E-state index is 0.109. The molecule has 0 aliphatic carbocycles. The van der Waals surface area contributed by atoms with Crippen LogP contribution in [-0.4, -0.2) is 32.3 Å². The summed E-state index contributed by atoms with van der Waals surface area (Å²) in [4.78, 5) is 25.0. The molecular formula is C25H25N5O2S. The molecule has 3 aromatic carbocycles. The van der Waals surface area contributed by atoms with Gasteiger partial charge in [-0.1, -0.05) is 65.9 Å². The largest absolute Gasteiger partial charge is 0.326 e. The van der Waals surface area contributed by atoms with Gasteiger partial charge in [0.05, 0.1) is 12.2 Å². The molecule has 4 aromatic rings. The average Bonchev–Trinajstić information content (AvgIpc) is 3.20. The number of carbonyl (C=O) groups is 2. The summed E-state index contributed by atoms with van der Waals surface area (Å²) in [6, 6.07) is 21.4. The first-order valence-electron chi connectivity index (χ1n) is 10.7. The van der Waals surface area contributed by atoms with Gasteiger partial charge in [0.15, 0.2) is 5.16 Å². The maximum Gasteiger partial charge on any atom is 0.234 e. The maximum absolute atomic E-state index is 12.6. The summed E-state index contributed by atoms with van der Waals surface area (Å²) >= 11 is 1.30. The van der Waals surface area contributed by atoms with E-state index in [1.807, 2.05) is 85.1 Å². The van der Waals surface area contributed by atoms with Crippen molar-refractivity contribution in [1.29, 1.82) is 0 Å². The van der Waals surface area contributed by atoms with Gasteiger partial charge in [-0.25, -0.2) is 0 Å². The van der Waals surface area contributed by atoms with Crippen LogP contribution in [0, 0.1) is 6.92 Å². The van der Waals surface area contributed by atoms with E-state index in [-0.39, 0.29) is 24.0 Å². The van der Waals surface area contributed by atoms with Crippen LogP contribution < -0.4 is 10.6 Å². The first-order chi connectivity index (χ1) is 16.0. The highest BCUT2D eigenvalue weighted by Crippen LogP contribution is 2.24. The van der Waals surface area contributed by atoms with Gasteiger partial charge in [-0.15, -0.1) is 10.2 Å². The number of carbonyl (C=O) groups excluding carboxylic acids is 2. The molecule has 0 bridgehead atoms. The summed E-state index contributed by atoms with van der Waals surface area (Å²) in [6.07, 6.45) is 0.109. The van der Waals surface area contributed by atoms with Crippen molar-refractivity contribution in [3.05, 3.63) is 78.1 Å². The Labute approximate surface area is 196 Å². The van der Waals surface area contributed by atoms with Crippen LogP contribution in [0.4, 0.5) is 11.4 Å². The van der Waals surface area contributed by atoms with Crippen molar-refractivity contribution in [2.75, 3.05) is 16.4 Å². The minimum atomic E-state index is -0.161. The molecule has 0 unspecified atom stereocenters. The van der Waals surface area contributed by atoms with Crippen molar-refractivity contribution in [2.24, 2.45) is 0 Å². The van der Waals surface area contributed by atoms with E-state index >= 15 is 0 Å². The third-order valence-electron chi connectivity index (χ3n) is 5.16. The normalized spacial score (nSPS) is 10.8. The lowest BCUT2D eigenvalue weighted by Gasteiger charge is -2.10. The van der Waals surface area contributed by atoms with E-state index in [1.54, 1.807) is 0 Å². The van der Waals surface area contributed by atoms with Gasteiger partial charge in [-0.05, 0) is 37.4 Å². The fourth-order valence-corrected chi connectivity index (χ4v) is 4.33. The van der Waals surface area contributed by atoms with Gasteiger partial charge in [0.1, 0.15) is 5.82 Å². The highest BCUT2D eigenvalue weighted by Gasteiger charge is 2.16. The molecule has 2 amide bonds. The van der Waals surface area contributed by atoms with Crippen LogP contribution >= 0.6 is 11.8 Å². The Balaban J connectivity index is 1.37. The number of aromatic nitrogens is 3. The third kappa shape index (κ3) is 5.59. The minimum Gasteiger partial charge on any atom is -0.326 e. The van der Waals surface area contributed by atoms with Crippen molar-refractivity contribution in [1.82, 2.24) is 14.8 Å². The van der Waals surface area contributed by atoms with Crippen LogP contribution in [0.15, 0.2) is 71.9 Å². The maximum atomic E-state index is 12.6. The zero-order valence-electron chi connectivity index (χ0n) is 18.5. The van der Waals surface area contributed by atoms with Gasteiger partial charge in [0.2, 0.25) is 11.8 Å². The molecule has 1 aromatic heterocycles. The molecule has 1 heterocycles. The Hall–Kier alpha value is -3.65. The Bertz CT molecular complexity index is 1280. The summed E-state index contributed by atoms with van der Waals surface area (Å²) in [5.74, 6) is 0.475. The molecule has 0 aliphatic rings.